The van der Waals surface area contributed by atoms with Crippen LogP contribution in [0.15, 0.2) is 176 Å². The predicted molar refractivity (Wildman–Crippen MR) is 223 cm³/mol. The molecule has 8 aromatic carbocycles. The second-order valence-corrected chi connectivity index (χ2v) is 14.0. The average molecular weight is 688 g/mol. The van der Waals surface area contributed by atoms with E-state index in [9.17, 15) is 0 Å². The molecule has 0 fully saturated rings. The molecule has 0 spiro atoms. The van der Waals surface area contributed by atoms with E-state index in [1.165, 1.54) is 70.7 Å². The van der Waals surface area contributed by atoms with Crippen molar-refractivity contribution in [3.05, 3.63) is 176 Å². The van der Waals surface area contributed by atoms with Gasteiger partial charge in [-0.05, 0) is 41.8 Å². The number of para-hydroxylation sites is 3. The third-order valence-corrected chi connectivity index (χ3v) is 11.1. The van der Waals surface area contributed by atoms with Gasteiger partial charge in [0.15, 0.2) is 17.5 Å². The first kappa shape index (κ1) is 29.2. The fourth-order valence-electron chi connectivity index (χ4n) is 8.73. The van der Waals surface area contributed by atoms with Gasteiger partial charge >= 0.3 is 0 Å². The summed E-state index contributed by atoms with van der Waals surface area (Å²) in [5.41, 5.74) is 10.1. The van der Waals surface area contributed by atoms with Crippen LogP contribution in [0.4, 0.5) is 0 Å². The van der Waals surface area contributed by atoms with E-state index in [0.29, 0.717) is 17.5 Å². The maximum absolute atomic E-state index is 5.00. The van der Waals surface area contributed by atoms with Crippen molar-refractivity contribution in [3.63, 3.8) is 0 Å². The highest BCUT2D eigenvalue weighted by Crippen LogP contribution is 2.45. The van der Waals surface area contributed by atoms with Crippen LogP contribution < -0.4 is 0 Å². The Morgan fingerprint density at radius 2 is 0.778 bits per heavy atom. The third kappa shape index (κ3) is 4.06. The third-order valence-electron chi connectivity index (χ3n) is 11.1. The van der Waals surface area contributed by atoms with E-state index in [4.69, 9.17) is 15.0 Å². The van der Waals surface area contributed by atoms with E-state index in [-0.39, 0.29) is 0 Å². The summed E-state index contributed by atoms with van der Waals surface area (Å²) in [6.07, 6.45) is 0. The molecular weight excluding hydrogens is 659 g/mol. The van der Waals surface area contributed by atoms with Crippen molar-refractivity contribution in [3.8, 4) is 39.9 Å². The first-order chi connectivity index (χ1) is 26.8. The van der Waals surface area contributed by atoms with E-state index in [1.807, 2.05) is 60.7 Å². The van der Waals surface area contributed by atoms with Gasteiger partial charge in [-0.2, -0.15) is 0 Å². The summed E-state index contributed by atoms with van der Waals surface area (Å²) in [5, 5.41) is 10.1. The van der Waals surface area contributed by atoms with Gasteiger partial charge in [0, 0.05) is 60.1 Å². The Morgan fingerprint density at radius 3 is 1.41 bits per heavy atom. The highest BCUT2D eigenvalue weighted by atomic mass is 15.0. The molecule has 5 heteroatoms. The van der Waals surface area contributed by atoms with Gasteiger partial charge in [-0.25, -0.2) is 15.0 Å². The molecule has 0 aliphatic heterocycles. The number of nitrogens with zero attached hydrogens (tertiary/aromatic N) is 5. The molecule has 54 heavy (non-hydrogen) atoms. The summed E-state index contributed by atoms with van der Waals surface area (Å²) in [5.74, 6) is 1.94. The van der Waals surface area contributed by atoms with Crippen molar-refractivity contribution in [2.24, 2.45) is 0 Å². The van der Waals surface area contributed by atoms with Gasteiger partial charge < -0.3 is 8.97 Å². The standard InChI is InChI=1S/C49H29N5/c1-3-12-31(13-4-1)47-50-48(32-14-5-2-6-15-32)52-49(51-47)33-22-26-34(27-23-33)53-41-20-9-7-17-36(41)39-28-24-30-25-29-40-38-19-11-18-37-35-16-8-10-21-42(35)54(44(37)38)46(40)43(30)45(39)53/h1-29H. The molecule has 0 saturated heterocycles. The lowest BCUT2D eigenvalue weighted by Gasteiger charge is -2.13. The van der Waals surface area contributed by atoms with Gasteiger partial charge in [-0.15, -0.1) is 0 Å². The number of hydrogen-bond donors (Lipinski definition) is 0. The number of fused-ring (bicyclic) bond motifs is 12. The highest BCUT2D eigenvalue weighted by molar-refractivity contribution is 6.32. The predicted octanol–water partition coefficient (Wildman–Crippen LogP) is 12.3. The summed E-state index contributed by atoms with van der Waals surface area (Å²) < 4.78 is 4.96. The average Bonchev–Trinajstić information content (AvgIpc) is 3.89. The lowest BCUT2D eigenvalue weighted by molar-refractivity contribution is 1.07. The van der Waals surface area contributed by atoms with Gasteiger partial charge in [0.05, 0.1) is 27.6 Å². The number of hydrogen-bond acceptors (Lipinski definition) is 3. The summed E-state index contributed by atoms with van der Waals surface area (Å²) in [6.45, 7) is 0. The molecule has 0 radical (unpaired) electrons. The molecule has 250 valence electrons. The van der Waals surface area contributed by atoms with E-state index in [1.54, 1.807) is 0 Å². The smallest absolute Gasteiger partial charge is 0.164 e. The fourth-order valence-corrected chi connectivity index (χ4v) is 8.73. The van der Waals surface area contributed by atoms with Crippen molar-refractivity contribution < 1.29 is 0 Å². The maximum Gasteiger partial charge on any atom is 0.164 e. The van der Waals surface area contributed by atoms with Gasteiger partial charge in [0.25, 0.3) is 0 Å². The van der Waals surface area contributed by atoms with Crippen molar-refractivity contribution in [1.82, 2.24) is 23.9 Å². The van der Waals surface area contributed by atoms with E-state index in [2.05, 4.69) is 124 Å². The molecule has 12 rings (SSSR count). The van der Waals surface area contributed by atoms with Crippen LogP contribution in [0.25, 0.3) is 111 Å². The first-order valence-electron chi connectivity index (χ1n) is 18.3. The van der Waals surface area contributed by atoms with Crippen LogP contribution in [-0.4, -0.2) is 23.9 Å². The van der Waals surface area contributed by atoms with E-state index in [0.717, 1.165) is 22.4 Å². The van der Waals surface area contributed by atoms with Crippen LogP contribution in [0.3, 0.4) is 0 Å². The van der Waals surface area contributed by atoms with Gasteiger partial charge in [-0.1, -0.05) is 140 Å². The normalized spacial score (nSPS) is 12.1. The fraction of sp³-hybridized carbons (Fsp3) is 0. The minimum atomic E-state index is 0.640. The molecule has 0 amide bonds. The summed E-state index contributed by atoms with van der Waals surface area (Å²) in [6, 6.07) is 62.4. The lowest BCUT2D eigenvalue weighted by atomic mass is 10.0. The minimum absolute atomic E-state index is 0.640. The molecule has 4 aromatic heterocycles. The molecular formula is C49H29N5. The van der Waals surface area contributed by atoms with Gasteiger partial charge in [0.2, 0.25) is 0 Å². The quantitative estimate of drug-likeness (QED) is 0.185. The van der Waals surface area contributed by atoms with Crippen LogP contribution in [0, 0.1) is 0 Å². The van der Waals surface area contributed by atoms with Gasteiger partial charge in [-0.3, -0.25) is 0 Å². The van der Waals surface area contributed by atoms with Gasteiger partial charge in [0.1, 0.15) is 0 Å². The molecule has 0 N–H and O–H groups in total. The zero-order valence-corrected chi connectivity index (χ0v) is 29.0. The van der Waals surface area contributed by atoms with Crippen LogP contribution in [0.2, 0.25) is 0 Å². The number of benzene rings is 8. The zero-order valence-electron chi connectivity index (χ0n) is 29.0. The Labute approximate surface area is 309 Å². The number of rotatable bonds is 4. The lowest BCUT2D eigenvalue weighted by Crippen LogP contribution is -2.00. The van der Waals surface area contributed by atoms with Crippen molar-refractivity contribution in [2.75, 3.05) is 0 Å². The summed E-state index contributed by atoms with van der Waals surface area (Å²) in [4.78, 5) is 14.9. The monoisotopic (exact) mass is 687 g/mol. The summed E-state index contributed by atoms with van der Waals surface area (Å²) in [7, 11) is 0. The molecule has 0 atom stereocenters. The largest absolute Gasteiger partial charge is 0.309 e. The molecule has 0 aliphatic rings. The van der Waals surface area contributed by atoms with Crippen LogP contribution in [-0.2, 0) is 0 Å². The van der Waals surface area contributed by atoms with Crippen LogP contribution >= 0.6 is 0 Å². The Hall–Kier alpha value is -7.37. The van der Waals surface area contributed by atoms with E-state index < -0.39 is 0 Å². The second kappa shape index (κ2) is 11.1. The molecule has 5 nitrogen and oxygen atoms in total. The Kier molecular flexibility index (Phi) is 5.99. The maximum atomic E-state index is 5.00. The SMILES string of the molecule is c1ccc(-c2nc(-c3ccccc3)nc(-c3ccc(-n4c5ccccc5c5ccc6ccc7c8cccc9c%10ccccc%10n(c98)c7c6c54)cc3)n2)cc1. The second-order valence-electron chi connectivity index (χ2n) is 14.0. The van der Waals surface area contributed by atoms with E-state index >= 15 is 0 Å². The van der Waals surface area contributed by atoms with Crippen molar-refractivity contribution in [2.45, 2.75) is 0 Å². The molecule has 4 heterocycles. The summed E-state index contributed by atoms with van der Waals surface area (Å²) >= 11 is 0. The molecule has 0 aliphatic carbocycles. The van der Waals surface area contributed by atoms with Crippen molar-refractivity contribution >= 4 is 70.7 Å². The van der Waals surface area contributed by atoms with Crippen LogP contribution in [0.1, 0.15) is 0 Å². The Balaban J connectivity index is 1.13. The first-order valence-corrected chi connectivity index (χ1v) is 18.3. The Morgan fingerprint density at radius 1 is 0.315 bits per heavy atom. The Bertz CT molecular complexity index is 3350. The van der Waals surface area contributed by atoms with Crippen LogP contribution in [0.5, 0.6) is 0 Å². The van der Waals surface area contributed by atoms with Crippen molar-refractivity contribution in [1.29, 1.82) is 0 Å². The topological polar surface area (TPSA) is 48.0 Å². The zero-order chi connectivity index (χ0) is 35.3. The highest BCUT2D eigenvalue weighted by Gasteiger charge is 2.22. The minimum Gasteiger partial charge on any atom is -0.309 e. The molecule has 0 bridgehead atoms. The molecule has 0 saturated carbocycles. The number of aromatic nitrogens is 5. The molecule has 12 aromatic rings. The molecule has 0 unspecified atom stereocenters.